The molecule has 1 rings (SSSR count). The fraction of sp³-hybridized carbons (Fsp3) is 0.571. The highest BCUT2D eigenvalue weighted by atomic mass is 16.5. The van der Waals surface area contributed by atoms with Crippen molar-refractivity contribution in [2.24, 2.45) is 0 Å². The molecule has 102 valence electrons. The molecule has 4 nitrogen and oxygen atoms in total. The van der Waals surface area contributed by atoms with Crippen molar-refractivity contribution in [3.63, 3.8) is 0 Å². The van der Waals surface area contributed by atoms with Crippen LogP contribution < -0.4 is 10.1 Å². The number of hydrogen-bond acceptors (Lipinski definition) is 4. The number of hydrogen-bond donors (Lipinski definition) is 2. The van der Waals surface area contributed by atoms with Gasteiger partial charge in [0.1, 0.15) is 5.75 Å². The Morgan fingerprint density at radius 3 is 2.72 bits per heavy atom. The third kappa shape index (κ3) is 4.64. The van der Waals surface area contributed by atoms with Crippen LogP contribution in [0.4, 0.5) is 0 Å². The lowest BCUT2D eigenvalue weighted by atomic mass is 10.1. The summed E-state index contributed by atoms with van der Waals surface area (Å²) in [6, 6.07) is 8.37. The van der Waals surface area contributed by atoms with Gasteiger partial charge in [-0.1, -0.05) is 18.2 Å². The van der Waals surface area contributed by atoms with E-state index >= 15 is 0 Å². The maximum Gasteiger partial charge on any atom is 0.123 e. The molecule has 1 aromatic carbocycles. The number of likely N-dealkylation sites (N-methyl/N-ethyl adjacent to an activating group) is 2. The summed E-state index contributed by atoms with van der Waals surface area (Å²) in [5.41, 5.74) is 1.18. The summed E-state index contributed by atoms with van der Waals surface area (Å²) >= 11 is 0. The second-order valence-corrected chi connectivity index (χ2v) is 4.51. The Labute approximate surface area is 110 Å². The molecule has 0 saturated heterocycles. The maximum atomic E-state index is 8.97. The van der Waals surface area contributed by atoms with Crippen LogP contribution in [0.25, 0.3) is 0 Å². The van der Waals surface area contributed by atoms with E-state index < -0.39 is 0 Å². The van der Waals surface area contributed by atoms with Gasteiger partial charge in [0.15, 0.2) is 0 Å². The zero-order valence-corrected chi connectivity index (χ0v) is 11.5. The molecule has 0 saturated carbocycles. The molecule has 0 aromatic heterocycles. The van der Waals surface area contributed by atoms with Crippen molar-refractivity contribution in [1.82, 2.24) is 10.2 Å². The third-order valence-corrected chi connectivity index (χ3v) is 3.05. The smallest absolute Gasteiger partial charge is 0.123 e. The average molecular weight is 252 g/mol. The minimum atomic E-state index is 0.216. The van der Waals surface area contributed by atoms with Crippen molar-refractivity contribution >= 4 is 0 Å². The van der Waals surface area contributed by atoms with E-state index in [9.17, 15) is 0 Å². The SMILES string of the molecule is CNC(CCO)CN(C)Cc1ccccc1OC. The number of ether oxygens (including phenoxy) is 1. The van der Waals surface area contributed by atoms with E-state index in [2.05, 4.69) is 23.3 Å². The van der Waals surface area contributed by atoms with Crippen LogP contribution in [0, 0.1) is 0 Å². The van der Waals surface area contributed by atoms with Crippen LogP contribution in [-0.2, 0) is 6.54 Å². The largest absolute Gasteiger partial charge is 0.496 e. The zero-order chi connectivity index (χ0) is 13.4. The molecule has 0 amide bonds. The number of aliphatic hydroxyl groups excluding tert-OH is 1. The number of rotatable bonds is 8. The Bertz CT molecular complexity index is 344. The predicted molar refractivity (Wildman–Crippen MR) is 73.9 cm³/mol. The monoisotopic (exact) mass is 252 g/mol. The van der Waals surface area contributed by atoms with Crippen LogP contribution in [0.5, 0.6) is 5.75 Å². The number of benzene rings is 1. The molecule has 18 heavy (non-hydrogen) atoms. The summed E-state index contributed by atoms with van der Waals surface area (Å²) in [5.74, 6) is 0.924. The molecule has 0 fully saturated rings. The van der Waals surface area contributed by atoms with E-state index in [4.69, 9.17) is 9.84 Å². The van der Waals surface area contributed by atoms with Crippen LogP contribution in [0.15, 0.2) is 24.3 Å². The molecule has 0 aliphatic heterocycles. The summed E-state index contributed by atoms with van der Waals surface area (Å²) in [7, 11) is 5.70. The lowest BCUT2D eigenvalue weighted by Gasteiger charge is -2.24. The molecule has 1 atom stereocenters. The number of para-hydroxylation sites is 1. The fourth-order valence-corrected chi connectivity index (χ4v) is 2.05. The lowest BCUT2D eigenvalue weighted by molar-refractivity contribution is 0.229. The van der Waals surface area contributed by atoms with Crippen molar-refractivity contribution in [2.75, 3.05) is 34.4 Å². The van der Waals surface area contributed by atoms with Gasteiger partial charge in [0.2, 0.25) is 0 Å². The predicted octanol–water partition coefficient (Wildman–Crippen LogP) is 1.10. The molecule has 0 spiro atoms. The molecule has 1 unspecified atom stereocenters. The lowest BCUT2D eigenvalue weighted by Crippen LogP contribution is -2.38. The first-order valence-electron chi connectivity index (χ1n) is 6.29. The summed E-state index contributed by atoms with van der Waals surface area (Å²) in [6.45, 7) is 1.96. The molecule has 0 radical (unpaired) electrons. The Morgan fingerprint density at radius 1 is 1.39 bits per heavy atom. The topological polar surface area (TPSA) is 44.7 Å². The highest BCUT2D eigenvalue weighted by Crippen LogP contribution is 2.18. The molecular weight excluding hydrogens is 228 g/mol. The van der Waals surface area contributed by atoms with Crippen LogP contribution in [0.1, 0.15) is 12.0 Å². The standard InChI is InChI=1S/C14H24N2O2/c1-15-13(8-9-17)11-16(2)10-12-6-4-5-7-14(12)18-3/h4-7,13,15,17H,8-11H2,1-3H3. The first-order chi connectivity index (χ1) is 8.71. The van der Waals surface area contributed by atoms with Gasteiger partial charge in [0.25, 0.3) is 0 Å². The number of nitrogens with zero attached hydrogens (tertiary/aromatic N) is 1. The molecule has 4 heteroatoms. The van der Waals surface area contributed by atoms with E-state index in [1.807, 2.05) is 25.2 Å². The summed E-state index contributed by atoms with van der Waals surface area (Å²) in [6.07, 6.45) is 0.771. The van der Waals surface area contributed by atoms with Gasteiger partial charge in [-0.2, -0.15) is 0 Å². The van der Waals surface area contributed by atoms with Crippen LogP contribution >= 0.6 is 0 Å². The summed E-state index contributed by atoms with van der Waals surface area (Å²) in [5, 5.41) is 12.2. The Hall–Kier alpha value is -1.10. The minimum absolute atomic E-state index is 0.216. The van der Waals surface area contributed by atoms with Crippen LogP contribution in [0.3, 0.4) is 0 Å². The Kier molecular flexibility index (Phi) is 6.72. The minimum Gasteiger partial charge on any atom is -0.496 e. The van der Waals surface area contributed by atoms with E-state index in [1.165, 1.54) is 5.56 Å². The van der Waals surface area contributed by atoms with Gasteiger partial charge in [-0.05, 0) is 26.6 Å². The highest BCUT2D eigenvalue weighted by molar-refractivity contribution is 5.32. The van der Waals surface area contributed by atoms with E-state index in [-0.39, 0.29) is 6.61 Å². The first-order valence-corrected chi connectivity index (χ1v) is 6.29. The van der Waals surface area contributed by atoms with E-state index in [1.54, 1.807) is 7.11 Å². The van der Waals surface area contributed by atoms with Gasteiger partial charge in [-0.3, -0.25) is 0 Å². The molecule has 0 bridgehead atoms. The van der Waals surface area contributed by atoms with Gasteiger partial charge < -0.3 is 20.1 Å². The van der Waals surface area contributed by atoms with Gasteiger partial charge >= 0.3 is 0 Å². The Morgan fingerprint density at radius 2 is 2.11 bits per heavy atom. The van der Waals surface area contributed by atoms with Crippen molar-refractivity contribution in [3.05, 3.63) is 29.8 Å². The first kappa shape index (κ1) is 15.0. The van der Waals surface area contributed by atoms with E-state index in [0.717, 1.165) is 25.3 Å². The van der Waals surface area contributed by atoms with Crippen molar-refractivity contribution in [1.29, 1.82) is 0 Å². The average Bonchev–Trinajstić information content (AvgIpc) is 2.38. The second-order valence-electron chi connectivity index (χ2n) is 4.51. The quantitative estimate of drug-likeness (QED) is 0.727. The fourth-order valence-electron chi connectivity index (χ4n) is 2.05. The maximum absolute atomic E-state index is 8.97. The van der Waals surface area contributed by atoms with E-state index in [0.29, 0.717) is 6.04 Å². The molecular formula is C14H24N2O2. The Balaban J connectivity index is 2.55. The number of methoxy groups -OCH3 is 1. The summed E-state index contributed by atoms with van der Waals surface area (Å²) < 4.78 is 5.34. The number of nitrogens with one attached hydrogen (secondary N) is 1. The molecule has 0 aliphatic carbocycles. The third-order valence-electron chi connectivity index (χ3n) is 3.05. The second kappa shape index (κ2) is 8.08. The van der Waals surface area contributed by atoms with Crippen molar-refractivity contribution in [3.8, 4) is 5.75 Å². The van der Waals surface area contributed by atoms with Crippen molar-refractivity contribution < 1.29 is 9.84 Å². The van der Waals surface area contributed by atoms with Gasteiger partial charge in [-0.25, -0.2) is 0 Å². The number of aliphatic hydroxyl groups is 1. The molecule has 1 aromatic rings. The highest BCUT2D eigenvalue weighted by Gasteiger charge is 2.11. The van der Waals surface area contributed by atoms with Gasteiger partial charge in [0, 0.05) is 31.3 Å². The van der Waals surface area contributed by atoms with Gasteiger partial charge in [0.05, 0.1) is 7.11 Å². The zero-order valence-electron chi connectivity index (χ0n) is 11.5. The normalized spacial score (nSPS) is 12.7. The van der Waals surface area contributed by atoms with Crippen LogP contribution in [0.2, 0.25) is 0 Å². The molecule has 0 heterocycles. The van der Waals surface area contributed by atoms with Crippen LogP contribution in [-0.4, -0.2) is 50.4 Å². The summed E-state index contributed by atoms with van der Waals surface area (Å²) in [4.78, 5) is 2.23. The molecule has 2 N–H and O–H groups in total. The molecule has 0 aliphatic rings. The van der Waals surface area contributed by atoms with Crippen molar-refractivity contribution in [2.45, 2.75) is 19.0 Å². The van der Waals surface area contributed by atoms with Gasteiger partial charge in [-0.15, -0.1) is 0 Å².